The van der Waals surface area contributed by atoms with E-state index in [4.69, 9.17) is 10.7 Å². The molecule has 1 aliphatic carbocycles. The van der Waals surface area contributed by atoms with Gasteiger partial charge < -0.3 is 5.73 Å². The van der Waals surface area contributed by atoms with Crippen LogP contribution in [0.1, 0.15) is 50.7 Å². The zero-order valence-corrected chi connectivity index (χ0v) is 15.2. The van der Waals surface area contributed by atoms with Crippen molar-refractivity contribution >= 4 is 33.0 Å². The van der Waals surface area contributed by atoms with Gasteiger partial charge in [-0.1, -0.05) is 25.3 Å². The molecule has 1 unspecified atom stereocenters. The Morgan fingerprint density at radius 2 is 2.17 bits per heavy atom. The van der Waals surface area contributed by atoms with Gasteiger partial charge >= 0.3 is 0 Å². The number of hydrogen-bond donors (Lipinski definition) is 1. The maximum atomic E-state index is 12.3. The average molecular weight is 340 g/mol. The third-order valence-electron chi connectivity index (χ3n) is 5.83. The molecule has 0 radical (unpaired) electrons. The first kappa shape index (κ1) is 15.8. The highest BCUT2D eigenvalue weighted by molar-refractivity contribution is 7.17. The van der Waals surface area contributed by atoms with Crippen molar-refractivity contribution in [1.82, 2.24) is 0 Å². The predicted molar refractivity (Wildman–Crippen MR) is 101 cm³/mol. The molecule has 2 atom stereocenters. The van der Waals surface area contributed by atoms with Crippen LogP contribution in [0.25, 0.3) is 10.1 Å². The van der Waals surface area contributed by atoms with Gasteiger partial charge in [-0.3, -0.25) is 9.79 Å². The molecule has 24 heavy (non-hydrogen) atoms. The standard InChI is InChI=1S/C20H24N2OS/c1-12-17(23)10-20(2,22-19(12)21)15-6-7-18-16(9-15)14(11-24-18)8-13-4-3-5-13/h6-7,9,11-13H,3-5,8,10H2,1-2H3,(H2,21,22)/t12?,20-/m0/s1. The minimum Gasteiger partial charge on any atom is -0.387 e. The molecule has 1 saturated carbocycles. The summed E-state index contributed by atoms with van der Waals surface area (Å²) in [6, 6.07) is 6.55. The first-order valence-electron chi connectivity index (χ1n) is 8.85. The Labute approximate surface area is 147 Å². The molecular weight excluding hydrogens is 316 g/mol. The molecule has 0 spiro atoms. The molecule has 126 valence electrons. The first-order chi connectivity index (χ1) is 11.5. The van der Waals surface area contributed by atoms with Crippen LogP contribution in [0.5, 0.6) is 0 Å². The van der Waals surface area contributed by atoms with E-state index in [0.717, 1.165) is 11.5 Å². The molecule has 1 fully saturated rings. The van der Waals surface area contributed by atoms with E-state index in [1.807, 2.05) is 25.2 Å². The summed E-state index contributed by atoms with van der Waals surface area (Å²) in [7, 11) is 0. The summed E-state index contributed by atoms with van der Waals surface area (Å²) in [5.41, 5.74) is 8.06. The number of fused-ring (bicyclic) bond motifs is 1. The van der Waals surface area contributed by atoms with Crippen LogP contribution >= 0.6 is 11.3 Å². The van der Waals surface area contributed by atoms with Crippen molar-refractivity contribution < 1.29 is 4.79 Å². The predicted octanol–water partition coefficient (Wildman–Crippen LogP) is 4.43. The summed E-state index contributed by atoms with van der Waals surface area (Å²) in [6.45, 7) is 3.88. The van der Waals surface area contributed by atoms with Crippen molar-refractivity contribution in [2.75, 3.05) is 0 Å². The van der Waals surface area contributed by atoms with Gasteiger partial charge in [0, 0.05) is 11.1 Å². The molecule has 1 aromatic carbocycles. The van der Waals surface area contributed by atoms with Gasteiger partial charge in [-0.05, 0) is 60.2 Å². The van der Waals surface area contributed by atoms with Crippen molar-refractivity contribution in [1.29, 1.82) is 0 Å². The summed E-state index contributed by atoms with van der Waals surface area (Å²) in [5, 5.41) is 3.64. The number of rotatable bonds is 3. The quantitative estimate of drug-likeness (QED) is 0.899. The van der Waals surface area contributed by atoms with Crippen LogP contribution in [-0.4, -0.2) is 11.6 Å². The monoisotopic (exact) mass is 340 g/mol. The van der Waals surface area contributed by atoms with Gasteiger partial charge in [0.25, 0.3) is 0 Å². The molecule has 2 N–H and O–H groups in total. The molecule has 2 aromatic rings. The molecule has 0 amide bonds. The topological polar surface area (TPSA) is 55.5 Å². The number of aliphatic imine (C=N–C) groups is 1. The minimum atomic E-state index is -0.530. The van der Waals surface area contributed by atoms with Gasteiger partial charge in [0.1, 0.15) is 11.6 Å². The lowest BCUT2D eigenvalue weighted by Crippen LogP contribution is -2.40. The highest BCUT2D eigenvalue weighted by atomic mass is 32.1. The first-order valence-corrected chi connectivity index (χ1v) is 9.73. The molecule has 2 heterocycles. The van der Waals surface area contributed by atoms with E-state index in [2.05, 4.69) is 23.6 Å². The zero-order valence-electron chi connectivity index (χ0n) is 14.3. The third-order valence-corrected chi connectivity index (χ3v) is 6.84. The minimum absolute atomic E-state index is 0.185. The second-order valence-corrected chi connectivity index (χ2v) is 8.56. The van der Waals surface area contributed by atoms with E-state index in [1.54, 1.807) is 0 Å². The molecule has 0 saturated heterocycles. The van der Waals surface area contributed by atoms with E-state index in [0.29, 0.717) is 12.3 Å². The van der Waals surface area contributed by atoms with Crippen LogP contribution in [0.3, 0.4) is 0 Å². The number of carbonyl (C=O) groups is 1. The lowest BCUT2D eigenvalue weighted by atomic mass is 9.79. The highest BCUT2D eigenvalue weighted by Gasteiger charge is 2.37. The molecule has 4 heteroatoms. The maximum Gasteiger partial charge on any atom is 0.145 e. The number of ketones is 1. The second kappa shape index (κ2) is 5.69. The van der Waals surface area contributed by atoms with E-state index >= 15 is 0 Å². The Bertz CT molecular complexity index is 833. The maximum absolute atomic E-state index is 12.3. The second-order valence-electron chi connectivity index (χ2n) is 7.65. The summed E-state index contributed by atoms with van der Waals surface area (Å²) in [6.07, 6.45) is 5.72. The summed E-state index contributed by atoms with van der Waals surface area (Å²) >= 11 is 1.82. The zero-order chi connectivity index (χ0) is 16.9. The Morgan fingerprint density at radius 3 is 2.83 bits per heavy atom. The number of nitrogens with two attached hydrogens (primary N) is 1. The number of Topliss-reactive ketones (excluding diaryl/α,β-unsaturated/α-hetero) is 1. The Kier molecular flexibility index (Phi) is 3.75. The highest BCUT2D eigenvalue weighted by Crippen LogP contribution is 2.39. The summed E-state index contributed by atoms with van der Waals surface area (Å²) < 4.78 is 1.32. The molecule has 2 aliphatic rings. The third kappa shape index (κ3) is 2.57. The lowest BCUT2D eigenvalue weighted by molar-refractivity contribution is -0.122. The molecule has 1 aliphatic heterocycles. The molecule has 1 aromatic heterocycles. The van der Waals surface area contributed by atoms with E-state index in [1.165, 1.54) is 41.3 Å². The van der Waals surface area contributed by atoms with Crippen LogP contribution in [0, 0.1) is 11.8 Å². The normalized spacial score (nSPS) is 28.0. The van der Waals surface area contributed by atoms with E-state index < -0.39 is 5.54 Å². The Hall–Kier alpha value is -1.68. The van der Waals surface area contributed by atoms with Crippen LogP contribution in [0.15, 0.2) is 28.6 Å². The fourth-order valence-corrected chi connectivity index (χ4v) is 4.78. The van der Waals surface area contributed by atoms with Crippen molar-refractivity contribution in [3.8, 4) is 0 Å². The molecule has 4 rings (SSSR count). The van der Waals surface area contributed by atoms with E-state index in [9.17, 15) is 4.79 Å². The number of nitrogens with zero attached hydrogens (tertiary/aromatic N) is 1. The number of carbonyl (C=O) groups excluding carboxylic acids is 1. The Morgan fingerprint density at radius 1 is 1.38 bits per heavy atom. The number of amidine groups is 1. The smallest absolute Gasteiger partial charge is 0.145 e. The van der Waals surface area contributed by atoms with Crippen LogP contribution < -0.4 is 5.73 Å². The number of thiophene rings is 1. The molecular formula is C20H24N2OS. The molecule has 0 bridgehead atoms. The fraction of sp³-hybridized carbons (Fsp3) is 0.500. The van der Waals surface area contributed by atoms with Gasteiger partial charge in [0.2, 0.25) is 0 Å². The molecule has 3 nitrogen and oxygen atoms in total. The van der Waals surface area contributed by atoms with Crippen molar-refractivity contribution in [3.63, 3.8) is 0 Å². The Balaban J connectivity index is 1.74. The summed E-state index contributed by atoms with van der Waals surface area (Å²) in [4.78, 5) is 17.0. The lowest BCUT2D eigenvalue weighted by Gasteiger charge is -2.32. The van der Waals surface area contributed by atoms with Gasteiger partial charge in [0.05, 0.1) is 11.5 Å². The largest absolute Gasteiger partial charge is 0.387 e. The van der Waals surface area contributed by atoms with Gasteiger partial charge in [-0.15, -0.1) is 11.3 Å². The average Bonchev–Trinajstić information content (AvgIpc) is 2.91. The van der Waals surface area contributed by atoms with Crippen molar-refractivity contribution in [2.45, 2.75) is 51.5 Å². The van der Waals surface area contributed by atoms with Crippen LogP contribution in [-0.2, 0) is 16.8 Å². The van der Waals surface area contributed by atoms with Gasteiger partial charge in [-0.2, -0.15) is 0 Å². The number of hydrogen-bond acceptors (Lipinski definition) is 4. The SMILES string of the molecule is CC1C(=O)C[C@@](C)(c2ccc3scc(CC4CCC4)c3c2)N=C1N. The van der Waals surface area contributed by atoms with Crippen LogP contribution in [0.4, 0.5) is 0 Å². The number of benzene rings is 1. The van der Waals surface area contributed by atoms with Crippen LogP contribution in [0.2, 0.25) is 0 Å². The van der Waals surface area contributed by atoms with E-state index in [-0.39, 0.29) is 11.7 Å². The summed E-state index contributed by atoms with van der Waals surface area (Å²) in [5.74, 6) is 1.25. The van der Waals surface area contributed by atoms with Gasteiger partial charge in [-0.25, -0.2) is 0 Å². The van der Waals surface area contributed by atoms with Crippen molar-refractivity contribution in [3.05, 3.63) is 34.7 Å². The fourth-order valence-electron chi connectivity index (χ4n) is 3.83. The van der Waals surface area contributed by atoms with Gasteiger partial charge in [0.15, 0.2) is 0 Å². The van der Waals surface area contributed by atoms with Crippen molar-refractivity contribution in [2.24, 2.45) is 22.6 Å².